The third-order valence-corrected chi connectivity index (χ3v) is 9.14. The minimum atomic E-state index is -0.224. The molecule has 1 aliphatic heterocycles. The Hall–Kier alpha value is -3.23. The Kier molecular flexibility index (Phi) is 9.63. The maximum atomic E-state index is 13.7. The van der Waals surface area contributed by atoms with Crippen LogP contribution in [-0.4, -0.2) is 78.2 Å². The molecule has 1 saturated heterocycles. The van der Waals surface area contributed by atoms with Gasteiger partial charge in [0.1, 0.15) is 0 Å². The van der Waals surface area contributed by atoms with Crippen LogP contribution >= 0.6 is 0 Å². The van der Waals surface area contributed by atoms with E-state index < -0.39 is 0 Å². The number of benzene rings is 2. The Labute approximate surface area is 250 Å². The lowest BCUT2D eigenvalue weighted by atomic mass is 9.84. The van der Waals surface area contributed by atoms with Gasteiger partial charge < -0.3 is 20.4 Å². The van der Waals surface area contributed by atoms with Crippen molar-refractivity contribution in [2.24, 2.45) is 11.8 Å². The van der Waals surface area contributed by atoms with Crippen molar-refractivity contribution < 1.29 is 9.59 Å². The van der Waals surface area contributed by atoms with Crippen molar-refractivity contribution in [3.8, 4) is 11.1 Å². The molecule has 3 unspecified atom stereocenters. The number of carbonyl (C=O) groups is 2. The molecule has 2 aromatic carbocycles. The van der Waals surface area contributed by atoms with Crippen LogP contribution in [0.15, 0.2) is 42.6 Å². The first kappa shape index (κ1) is 30.2. The van der Waals surface area contributed by atoms with Gasteiger partial charge in [-0.3, -0.25) is 14.3 Å². The summed E-state index contributed by atoms with van der Waals surface area (Å²) in [6.07, 6.45) is 8.57. The highest BCUT2D eigenvalue weighted by molar-refractivity contribution is 6.08. The molecule has 42 heavy (non-hydrogen) atoms. The van der Waals surface area contributed by atoms with Gasteiger partial charge in [0.25, 0.3) is 5.91 Å². The molecular formula is C34H48N6O2. The Morgan fingerprint density at radius 3 is 2.48 bits per heavy atom. The Morgan fingerprint density at radius 1 is 1.05 bits per heavy atom. The molecule has 2 aliphatic rings. The summed E-state index contributed by atoms with van der Waals surface area (Å²) >= 11 is 0. The first-order chi connectivity index (χ1) is 20.2. The fraction of sp³-hybridized carbons (Fsp3) is 0.559. The lowest BCUT2D eigenvalue weighted by Crippen LogP contribution is -2.50. The second-order valence-corrected chi connectivity index (χ2v) is 13.0. The van der Waals surface area contributed by atoms with Gasteiger partial charge in [-0.05, 0) is 102 Å². The number of amides is 2. The Balaban J connectivity index is 1.38. The molecule has 0 radical (unpaired) electrons. The van der Waals surface area contributed by atoms with Crippen molar-refractivity contribution in [3.05, 3.63) is 53.7 Å². The quantitative estimate of drug-likeness (QED) is 0.334. The van der Waals surface area contributed by atoms with Crippen LogP contribution in [0, 0.1) is 11.8 Å². The monoisotopic (exact) mass is 572 g/mol. The van der Waals surface area contributed by atoms with Crippen LogP contribution in [-0.2, 0) is 11.3 Å². The second-order valence-electron chi connectivity index (χ2n) is 13.0. The first-order valence-corrected chi connectivity index (χ1v) is 15.7. The van der Waals surface area contributed by atoms with Crippen LogP contribution in [0.4, 0.5) is 0 Å². The van der Waals surface area contributed by atoms with E-state index in [0.29, 0.717) is 18.2 Å². The van der Waals surface area contributed by atoms with Crippen molar-refractivity contribution in [2.75, 3.05) is 40.8 Å². The van der Waals surface area contributed by atoms with Crippen molar-refractivity contribution in [1.82, 2.24) is 30.2 Å². The molecular weight excluding hydrogens is 524 g/mol. The number of aromatic nitrogens is 2. The molecule has 2 heterocycles. The zero-order chi connectivity index (χ0) is 29.8. The van der Waals surface area contributed by atoms with Crippen LogP contribution in [0.1, 0.15) is 74.3 Å². The van der Waals surface area contributed by atoms with Crippen molar-refractivity contribution in [2.45, 2.75) is 71.0 Å². The highest BCUT2D eigenvalue weighted by Gasteiger charge is 2.32. The van der Waals surface area contributed by atoms with E-state index in [9.17, 15) is 9.59 Å². The molecule has 226 valence electrons. The summed E-state index contributed by atoms with van der Waals surface area (Å²) < 4.78 is 2.14. The van der Waals surface area contributed by atoms with Crippen molar-refractivity contribution >= 4 is 22.7 Å². The fourth-order valence-corrected chi connectivity index (χ4v) is 6.77. The number of hydrogen-bond acceptors (Lipinski definition) is 5. The first-order valence-electron chi connectivity index (χ1n) is 15.7. The number of hydrogen-bond donors (Lipinski definition) is 2. The molecule has 1 saturated carbocycles. The van der Waals surface area contributed by atoms with Gasteiger partial charge in [0.2, 0.25) is 5.91 Å². The average molecular weight is 573 g/mol. The summed E-state index contributed by atoms with van der Waals surface area (Å²) in [5.41, 5.74) is 4.99. The molecule has 2 fully saturated rings. The van der Waals surface area contributed by atoms with Gasteiger partial charge in [0, 0.05) is 24.5 Å². The van der Waals surface area contributed by atoms with E-state index >= 15 is 0 Å². The third-order valence-electron chi connectivity index (χ3n) is 9.14. The largest absolute Gasteiger partial charge is 0.353 e. The highest BCUT2D eigenvalue weighted by Crippen LogP contribution is 2.35. The maximum absolute atomic E-state index is 13.7. The highest BCUT2D eigenvalue weighted by atomic mass is 16.2. The smallest absolute Gasteiger partial charge is 0.252 e. The van der Waals surface area contributed by atoms with Crippen LogP contribution < -0.4 is 10.6 Å². The van der Waals surface area contributed by atoms with Gasteiger partial charge in [-0.1, -0.05) is 44.0 Å². The topological polar surface area (TPSA) is 82.5 Å². The number of fused-ring (bicyclic) bond motifs is 1. The summed E-state index contributed by atoms with van der Waals surface area (Å²) in [6, 6.07) is 13.4. The predicted octanol–water partition coefficient (Wildman–Crippen LogP) is 5.09. The molecule has 5 rings (SSSR count). The zero-order valence-electron chi connectivity index (χ0n) is 26.0. The standard InChI is InChI=1S/C34H48N6O2/c1-23-17-24(2)37-34(42)30(23)20-35-33(41)29-18-27(19-32-31(29)21-36-40(32)28-9-6-7-10-28)26-13-11-25(12-14-26)22-39(5)16-8-15-38(3)4/h11-14,18-19,21,23-24,28,30H,6-10,15-17,20,22H2,1-5H3,(H,35,41)(H,37,42). The minimum Gasteiger partial charge on any atom is -0.353 e. The van der Waals surface area contributed by atoms with Crippen molar-refractivity contribution in [1.29, 1.82) is 0 Å². The van der Waals surface area contributed by atoms with Gasteiger partial charge in [0.05, 0.1) is 29.2 Å². The molecule has 2 N–H and O–H groups in total. The van der Waals surface area contributed by atoms with E-state index in [-0.39, 0.29) is 29.7 Å². The molecule has 2 amide bonds. The molecule has 0 spiro atoms. The van der Waals surface area contributed by atoms with E-state index in [1.807, 2.05) is 19.2 Å². The second kappa shape index (κ2) is 13.4. The third kappa shape index (κ3) is 7.04. The van der Waals surface area contributed by atoms with Crippen LogP contribution in [0.2, 0.25) is 0 Å². The lowest BCUT2D eigenvalue weighted by Gasteiger charge is -2.32. The predicted molar refractivity (Wildman–Crippen MR) is 169 cm³/mol. The van der Waals surface area contributed by atoms with E-state index in [2.05, 4.69) is 83.5 Å². The number of piperidine rings is 1. The molecule has 8 nitrogen and oxygen atoms in total. The molecule has 1 aromatic heterocycles. The fourth-order valence-electron chi connectivity index (χ4n) is 6.77. The zero-order valence-corrected chi connectivity index (χ0v) is 26.0. The van der Waals surface area contributed by atoms with Crippen LogP contribution in [0.5, 0.6) is 0 Å². The summed E-state index contributed by atoms with van der Waals surface area (Å²) in [7, 11) is 6.40. The summed E-state index contributed by atoms with van der Waals surface area (Å²) in [6.45, 7) is 7.51. The van der Waals surface area contributed by atoms with Crippen molar-refractivity contribution in [3.63, 3.8) is 0 Å². The number of nitrogens with one attached hydrogen (secondary N) is 2. The van der Waals surface area contributed by atoms with E-state index in [1.54, 1.807) is 0 Å². The summed E-state index contributed by atoms with van der Waals surface area (Å²) in [4.78, 5) is 31.0. The maximum Gasteiger partial charge on any atom is 0.252 e. The summed E-state index contributed by atoms with van der Waals surface area (Å²) in [5, 5.41) is 11.8. The van der Waals surface area contributed by atoms with Gasteiger partial charge in [-0.2, -0.15) is 5.10 Å². The van der Waals surface area contributed by atoms with E-state index in [1.165, 1.54) is 18.4 Å². The van der Waals surface area contributed by atoms with Crippen LogP contribution in [0.3, 0.4) is 0 Å². The number of nitrogens with zero attached hydrogens (tertiary/aromatic N) is 4. The number of rotatable bonds is 11. The normalized spacial score (nSPS) is 21.4. The molecule has 8 heteroatoms. The van der Waals surface area contributed by atoms with Gasteiger partial charge >= 0.3 is 0 Å². The Bertz CT molecular complexity index is 1370. The average Bonchev–Trinajstić information content (AvgIpc) is 3.62. The van der Waals surface area contributed by atoms with Gasteiger partial charge in [-0.15, -0.1) is 0 Å². The van der Waals surface area contributed by atoms with E-state index in [4.69, 9.17) is 5.10 Å². The minimum absolute atomic E-state index is 0.0259. The van der Waals surface area contributed by atoms with E-state index in [0.717, 1.165) is 67.3 Å². The van der Waals surface area contributed by atoms with Gasteiger partial charge in [-0.25, -0.2) is 0 Å². The lowest BCUT2D eigenvalue weighted by molar-refractivity contribution is -0.129. The molecule has 0 bridgehead atoms. The van der Waals surface area contributed by atoms with Crippen LogP contribution in [0.25, 0.3) is 22.0 Å². The molecule has 3 aromatic rings. The Morgan fingerprint density at radius 2 is 1.79 bits per heavy atom. The summed E-state index contributed by atoms with van der Waals surface area (Å²) in [5.74, 6) is -0.130. The SMILES string of the molecule is CC1CC(C)C(CNC(=O)c2cc(-c3ccc(CN(C)CCCN(C)C)cc3)cc3c2cnn3C2CCCC2)C(=O)N1. The molecule has 1 aliphatic carbocycles. The number of carbonyl (C=O) groups excluding carboxylic acids is 2. The molecule has 3 atom stereocenters. The van der Waals surface area contributed by atoms with Gasteiger partial charge in [0.15, 0.2) is 0 Å².